The third kappa shape index (κ3) is 5.53. The van der Waals surface area contributed by atoms with E-state index in [9.17, 15) is 5.11 Å². The summed E-state index contributed by atoms with van der Waals surface area (Å²) in [5, 5.41) is 10.1. The first-order chi connectivity index (χ1) is 7.10. The average molecular weight is 215 g/mol. The van der Waals surface area contributed by atoms with E-state index in [0.717, 1.165) is 51.4 Å². The number of hydrogen-bond acceptors (Lipinski definition) is 2. The predicted octanol–water partition coefficient (Wildman–Crippen LogP) is 3.23. The summed E-state index contributed by atoms with van der Waals surface area (Å²) in [6.07, 6.45) is 8.02. The van der Waals surface area contributed by atoms with Crippen LogP contribution in [0.4, 0.5) is 0 Å². The Morgan fingerprint density at radius 3 is 1.80 bits per heavy atom. The van der Waals surface area contributed by atoms with Gasteiger partial charge in [-0.2, -0.15) is 0 Å². The molecule has 92 valence electrons. The Bertz CT molecular complexity index is 139. The lowest BCUT2D eigenvalue weighted by atomic mass is 9.81. The first-order valence-corrected chi connectivity index (χ1v) is 6.57. The highest BCUT2D eigenvalue weighted by atomic mass is 16.3. The van der Waals surface area contributed by atoms with Crippen molar-refractivity contribution in [3.63, 3.8) is 0 Å². The Morgan fingerprint density at radius 2 is 1.47 bits per heavy atom. The maximum atomic E-state index is 10.1. The second-order valence-corrected chi connectivity index (χ2v) is 4.74. The molecule has 0 heterocycles. The summed E-state index contributed by atoms with van der Waals surface area (Å²) in [7, 11) is 0. The fourth-order valence-corrected chi connectivity index (χ4v) is 2.03. The lowest BCUT2D eigenvalue weighted by molar-refractivity contribution is 0.0615. The Hall–Kier alpha value is -0.0800. The molecule has 0 amide bonds. The van der Waals surface area contributed by atoms with E-state index in [2.05, 4.69) is 20.8 Å². The molecule has 0 bridgehead atoms. The van der Waals surface area contributed by atoms with Gasteiger partial charge in [-0.25, -0.2) is 0 Å². The molecule has 0 aromatic heterocycles. The summed E-state index contributed by atoms with van der Waals surface area (Å²) in [6.45, 7) is 6.45. The van der Waals surface area contributed by atoms with Crippen LogP contribution in [-0.4, -0.2) is 16.7 Å². The normalized spacial score (nSPS) is 14.2. The van der Waals surface area contributed by atoms with Crippen molar-refractivity contribution >= 4 is 0 Å². The second-order valence-electron chi connectivity index (χ2n) is 4.74. The highest BCUT2D eigenvalue weighted by Crippen LogP contribution is 2.25. The van der Waals surface area contributed by atoms with Gasteiger partial charge in [0.25, 0.3) is 0 Å². The van der Waals surface area contributed by atoms with Crippen molar-refractivity contribution in [3.8, 4) is 0 Å². The molecule has 0 saturated carbocycles. The van der Waals surface area contributed by atoms with Crippen molar-refractivity contribution in [1.82, 2.24) is 0 Å². The van der Waals surface area contributed by atoms with Gasteiger partial charge in [-0.3, -0.25) is 0 Å². The van der Waals surface area contributed by atoms with E-state index in [4.69, 9.17) is 5.73 Å². The Labute approximate surface area is 95.3 Å². The third-order valence-corrected chi connectivity index (χ3v) is 3.22. The van der Waals surface area contributed by atoms with Crippen molar-refractivity contribution in [2.45, 2.75) is 83.8 Å². The Kier molecular flexibility index (Phi) is 8.07. The largest absolute Gasteiger partial charge is 0.391 e. The Morgan fingerprint density at radius 1 is 1.00 bits per heavy atom. The first-order valence-electron chi connectivity index (χ1n) is 6.57. The van der Waals surface area contributed by atoms with Crippen LogP contribution in [-0.2, 0) is 0 Å². The Balaban J connectivity index is 4.23. The summed E-state index contributed by atoms with van der Waals surface area (Å²) < 4.78 is 0. The molecular weight excluding hydrogens is 186 g/mol. The molecular formula is C13H29NO. The van der Waals surface area contributed by atoms with Crippen molar-refractivity contribution in [1.29, 1.82) is 0 Å². The van der Waals surface area contributed by atoms with Gasteiger partial charge in [0.15, 0.2) is 0 Å². The van der Waals surface area contributed by atoms with Gasteiger partial charge in [-0.05, 0) is 19.3 Å². The lowest BCUT2D eigenvalue weighted by Crippen LogP contribution is -2.50. The molecule has 0 aromatic rings. The number of nitrogens with two attached hydrogens (primary N) is 1. The minimum absolute atomic E-state index is 0.319. The number of unbranched alkanes of at least 4 members (excludes halogenated alkanes) is 2. The van der Waals surface area contributed by atoms with Crippen LogP contribution in [0.2, 0.25) is 0 Å². The highest BCUT2D eigenvalue weighted by Gasteiger charge is 2.31. The van der Waals surface area contributed by atoms with E-state index in [1.807, 2.05) is 0 Å². The van der Waals surface area contributed by atoms with Gasteiger partial charge in [-0.1, -0.05) is 52.9 Å². The van der Waals surface area contributed by atoms with E-state index in [1.54, 1.807) is 0 Å². The molecule has 0 aromatic carbocycles. The molecule has 0 aliphatic rings. The van der Waals surface area contributed by atoms with Crippen molar-refractivity contribution < 1.29 is 5.11 Å². The summed E-state index contributed by atoms with van der Waals surface area (Å²) in [5.41, 5.74) is 6.02. The van der Waals surface area contributed by atoms with Crippen LogP contribution in [0.5, 0.6) is 0 Å². The van der Waals surface area contributed by atoms with E-state index < -0.39 is 0 Å². The number of rotatable bonds is 9. The molecule has 0 radical (unpaired) electrons. The zero-order valence-corrected chi connectivity index (χ0v) is 10.8. The fraction of sp³-hybridized carbons (Fsp3) is 1.00. The van der Waals surface area contributed by atoms with E-state index in [-0.39, 0.29) is 11.6 Å². The lowest BCUT2D eigenvalue weighted by Gasteiger charge is -2.34. The van der Waals surface area contributed by atoms with Crippen LogP contribution >= 0.6 is 0 Å². The quantitative estimate of drug-likeness (QED) is 0.620. The molecule has 15 heavy (non-hydrogen) atoms. The van der Waals surface area contributed by atoms with E-state index >= 15 is 0 Å². The minimum Gasteiger partial charge on any atom is -0.391 e. The smallest absolute Gasteiger partial charge is 0.0719 e. The molecule has 0 saturated heterocycles. The zero-order chi connectivity index (χ0) is 11.7. The zero-order valence-electron chi connectivity index (χ0n) is 10.8. The van der Waals surface area contributed by atoms with E-state index in [1.165, 1.54) is 0 Å². The molecule has 0 aliphatic heterocycles. The SMILES string of the molecule is CCCCC(N)(CCCC)C(O)CCC. The van der Waals surface area contributed by atoms with Crippen molar-refractivity contribution in [2.75, 3.05) is 0 Å². The van der Waals surface area contributed by atoms with Crippen LogP contribution < -0.4 is 5.73 Å². The van der Waals surface area contributed by atoms with Gasteiger partial charge in [0.05, 0.1) is 6.10 Å². The van der Waals surface area contributed by atoms with Crippen LogP contribution in [0.3, 0.4) is 0 Å². The molecule has 2 nitrogen and oxygen atoms in total. The summed E-state index contributed by atoms with van der Waals surface area (Å²) in [4.78, 5) is 0. The van der Waals surface area contributed by atoms with Crippen LogP contribution in [0.1, 0.15) is 72.1 Å². The monoisotopic (exact) mass is 215 g/mol. The molecule has 3 N–H and O–H groups in total. The highest BCUT2D eigenvalue weighted by molar-refractivity contribution is 4.91. The topological polar surface area (TPSA) is 46.2 Å². The average Bonchev–Trinajstić information content (AvgIpc) is 2.24. The van der Waals surface area contributed by atoms with Crippen LogP contribution in [0.15, 0.2) is 0 Å². The second kappa shape index (κ2) is 8.12. The van der Waals surface area contributed by atoms with Gasteiger partial charge in [0.1, 0.15) is 0 Å². The van der Waals surface area contributed by atoms with Gasteiger partial charge < -0.3 is 10.8 Å². The standard InChI is InChI=1S/C13H29NO/c1-4-7-10-13(14,11-8-5-2)12(15)9-6-3/h12,15H,4-11,14H2,1-3H3. The summed E-state index contributed by atoms with van der Waals surface area (Å²) in [5.74, 6) is 0. The number of aliphatic hydroxyl groups is 1. The number of aliphatic hydroxyl groups excluding tert-OH is 1. The molecule has 0 rings (SSSR count). The maximum absolute atomic E-state index is 10.1. The molecule has 1 unspecified atom stereocenters. The maximum Gasteiger partial charge on any atom is 0.0719 e. The van der Waals surface area contributed by atoms with Gasteiger partial charge in [0.2, 0.25) is 0 Å². The number of hydrogen-bond donors (Lipinski definition) is 2. The van der Waals surface area contributed by atoms with Gasteiger partial charge in [0, 0.05) is 5.54 Å². The predicted molar refractivity (Wildman–Crippen MR) is 66.9 cm³/mol. The minimum atomic E-state index is -0.331. The first kappa shape index (κ1) is 14.9. The summed E-state index contributed by atoms with van der Waals surface area (Å²) in [6, 6.07) is 0. The third-order valence-electron chi connectivity index (χ3n) is 3.22. The fourth-order valence-electron chi connectivity index (χ4n) is 2.03. The van der Waals surface area contributed by atoms with Crippen LogP contribution in [0, 0.1) is 0 Å². The molecule has 0 spiro atoms. The molecule has 1 atom stereocenters. The molecule has 2 heteroatoms. The van der Waals surface area contributed by atoms with Gasteiger partial charge in [-0.15, -0.1) is 0 Å². The summed E-state index contributed by atoms with van der Waals surface area (Å²) >= 11 is 0. The molecule has 0 fully saturated rings. The van der Waals surface area contributed by atoms with Gasteiger partial charge >= 0.3 is 0 Å². The van der Waals surface area contributed by atoms with E-state index in [0.29, 0.717) is 0 Å². The van der Waals surface area contributed by atoms with Crippen molar-refractivity contribution in [3.05, 3.63) is 0 Å². The van der Waals surface area contributed by atoms with Crippen molar-refractivity contribution in [2.24, 2.45) is 5.73 Å². The van der Waals surface area contributed by atoms with Crippen LogP contribution in [0.25, 0.3) is 0 Å². The molecule has 0 aliphatic carbocycles.